The van der Waals surface area contributed by atoms with Crippen molar-refractivity contribution in [2.45, 2.75) is 25.4 Å². The highest BCUT2D eigenvalue weighted by molar-refractivity contribution is 5.82. The highest BCUT2D eigenvalue weighted by atomic mass is 16.2. The fraction of sp³-hybridized carbons (Fsp3) is 0.429. The average molecular weight is 286 g/mol. The first-order valence-electron chi connectivity index (χ1n) is 7.11. The molecule has 0 aliphatic carbocycles. The third-order valence-electron chi connectivity index (χ3n) is 3.62. The lowest BCUT2D eigenvalue weighted by atomic mass is 10.1. The van der Waals surface area contributed by atoms with Gasteiger partial charge in [0.25, 0.3) is 0 Å². The Morgan fingerprint density at radius 2 is 2.48 bits per heavy atom. The van der Waals surface area contributed by atoms with Crippen molar-refractivity contribution in [3.8, 4) is 11.3 Å². The number of amides is 1. The summed E-state index contributed by atoms with van der Waals surface area (Å²) in [5.41, 5.74) is 1.74. The van der Waals surface area contributed by atoms with Crippen molar-refractivity contribution in [3.63, 3.8) is 0 Å². The second-order valence-corrected chi connectivity index (χ2v) is 5.07. The Kier molecular flexibility index (Phi) is 3.92. The Bertz CT molecular complexity index is 611. The molecule has 0 aromatic carbocycles. The van der Waals surface area contributed by atoms with Crippen LogP contribution in [-0.2, 0) is 4.79 Å². The van der Waals surface area contributed by atoms with Crippen LogP contribution in [0, 0.1) is 0 Å². The van der Waals surface area contributed by atoms with Crippen LogP contribution in [-0.4, -0.2) is 45.0 Å². The van der Waals surface area contributed by atoms with Gasteiger partial charge in [0.2, 0.25) is 5.91 Å². The van der Waals surface area contributed by atoms with E-state index in [1.54, 1.807) is 12.4 Å². The summed E-state index contributed by atoms with van der Waals surface area (Å²) in [5.74, 6) is 0.0487. The Morgan fingerprint density at radius 1 is 1.57 bits per heavy atom. The molecule has 0 spiro atoms. The SMILES string of the molecule is CCNC(=O)[C@@H]1C[C@H](n2cc(-c3cccnc3)nn2)CN1. The van der Waals surface area contributed by atoms with E-state index in [2.05, 4.69) is 25.9 Å². The van der Waals surface area contributed by atoms with Crippen molar-refractivity contribution >= 4 is 5.91 Å². The number of nitrogens with one attached hydrogen (secondary N) is 2. The van der Waals surface area contributed by atoms with E-state index in [1.165, 1.54) is 0 Å². The fourth-order valence-corrected chi connectivity index (χ4v) is 2.52. The predicted molar refractivity (Wildman–Crippen MR) is 77.4 cm³/mol. The lowest BCUT2D eigenvalue weighted by Crippen LogP contribution is -2.40. The second-order valence-electron chi connectivity index (χ2n) is 5.07. The lowest BCUT2D eigenvalue weighted by molar-refractivity contribution is -0.122. The van der Waals surface area contributed by atoms with Crippen molar-refractivity contribution in [3.05, 3.63) is 30.7 Å². The number of rotatable bonds is 4. The molecule has 0 radical (unpaired) electrons. The molecule has 2 aromatic heterocycles. The zero-order valence-corrected chi connectivity index (χ0v) is 11.9. The van der Waals surface area contributed by atoms with Crippen LogP contribution in [0.3, 0.4) is 0 Å². The molecule has 7 nitrogen and oxygen atoms in total. The maximum Gasteiger partial charge on any atom is 0.237 e. The first kappa shape index (κ1) is 13.7. The zero-order valence-electron chi connectivity index (χ0n) is 11.9. The molecule has 1 saturated heterocycles. The molecule has 1 fully saturated rings. The van der Waals surface area contributed by atoms with Gasteiger partial charge in [-0.1, -0.05) is 5.21 Å². The van der Waals surface area contributed by atoms with Crippen LogP contribution < -0.4 is 10.6 Å². The summed E-state index contributed by atoms with van der Waals surface area (Å²) in [6.45, 7) is 3.29. The highest BCUT2D eigenvalue weighted by Crippen LogP contribution is 2.21. The van der Waals surface area contributed by atoms with Gasteiger partial charge in [-0.3, -0.25) is 9.78 Å². The molecule has 2 aromatic rings. The van der Waals surface area contributed by atoms with E-state index in [0.717, 1.165) is 24.2 Å². The number of likely N-dealkylation sites (N-methyl/N-ethyl adjacent to an activating group) is 1. The Balaban J connectivity index is 1.69. The van der Waals surface area contributed by atoms with Gasteiger partial charge < -0.3 is 10.6 Å². The molecule has 1 amide bonds. The molecule has 3 heterocycles. The number of hydrogen-bond donors (Lipinski definition) is 2. The molecule has 0 bridgehead atoms. The molecule has 1 aliphatic rings. The summed E-state index contributed by atoms with van der Waals surface area (Å²) in [5, 5.41) is 14.4. The fourth-order valence-electron chi connectivity index (χ4n) is 2.52. The molecule has 3 rings (SSSR count). The van der Waals surface area contributed by atoms with E-state index in [9.17, 15) is 4.79 Å². The molecule has 0 unspecified atom stereocenters. The van der Waals surface area contributed by atoms with Crippen LogP contribution >= 0.6 is 0 Å². The van der Waals surface area contributed by atoms with Crippen LogP contribution in [0.15, 0.2) is 30.7 Å². The third-order valence-corrected chi connectivity index (χ3v) is 3.62. The summed E-state index contributed by atoms with van der Waals surface area (Å²) in [6.07, 6.45) is 6.12. The molecule has 110 valence electrons. The number of nitrogens with zero attached hydrogens (tertiary/aromatic N) is 4. The van der Waals surface area contributed by atoms with Crippen molar-refractivity contribution in [2.75, 3.05) is 13.1 Å². The number of carbonyl (C=O) groups excluding carboxylic acids is 1. The molecule has 2 atom stereocenters. The lowest BCUT2D eigenvalue weighted by Gasteiger charge is -2.10. The normalized spacial score (nSPS) is 21.4. The van der Waals surface area contributed by atoms with E-state index < -0.39 is 0 Å². The largest absolute Gasteiger partial charge is 0.355 e. The van der Waals surface area contributed by atoms with Crippen LogP contribution in [0.2, 0.25) is 0 Å². The maximum atomic E-state index is 11.8. The van der Waals surface area contributed by atoms with Gasteiger partial charge in [0.15, 0.2) is 0 Å². The van der Waals surface area contributed by atoms with Gasteiger partial charge in [-0.05, 0) is 25.5 Å². The molecule has 0 saturated carbocycles. The predicted octanol–water partition coefficient (Wildman–Crippen LogP) is 0.379. The molecule has 1 aliphatic heterocycles. The summed E-state index contributed by atoms with van der Waals surface area (Å²) in [7, 11) is 0. The number of hydrogen-bond acceptors (Lipinski definition) is 5. The van der Waals surface area contributed by atoms with Gasteiger partial charge in [-0.2, -0.15) is 0 Å². The third kappa shape index (κ3) is 2.92. The van der Waals surface area contributed by atoms with E-state index in [4.69, 9.17) is 0 Å². The molecular formula is C14H18N6O. The smallest absolute Gasteiger partial charge is 0.237 e. The number of carbonyl (C=O) groups is 1. The minimum Gasteiger partial charge on any atom is -0.355 e. The second kappa shape index (κ2) is 6.01. The van der Waals surface area contributed by atoms with Crippen molar-refractivity contribution in [2.24, 2.45) is 0 Å². The van der Waals surface area contributed by atoms with Crippen molar-refractivity contribution < 1.29 is 4.79 Å². The average Bonchev–Trinajstić information content (AvgIpc) is 3.17. The number of aromatic nitrogens is 4. The molecule has 7 heteroatoms. The van der Waals surface area contributed by atoms with E-state index >= 15 is 0 Å². The van der Waals surface area contributed by atoms with E-state index in [-0.39, 0.29) is 18.0 Å². The van der Waals surface area contributed by atoms with Crippen molar-refractivity contribution in [1.82, 2.24) is 30.6 Å². The van der Waals surface area contributed by atoms with E-state index in [0.29, 0.717) is 6.54 Å². The standard InChI is InChI=1S/C14H18N6O/c1-2-16-14(21)12-6-11(8-17-12)20-9-13(18-19-20)10-4-3-5-15-7-10/h3-5,7,9,11-12,17H,2,6,8H2,1H3,(H,16,21)/t11-,12-/m0/s1. The summed E-state index contributed by atoms with van der Waals surface area (Å²) in [4.78, 5) is 15.9. The monoisotopic (exact) mass is 286 g/mol. The molecule has 2 N–H and O–H groups in total. The molecular weight excluding hydrogens is 268 g/mol. The Labute approximate surface area is 122 Å². The van der Waals surface area contributed by atoms with E-state index in [1.807, 2.05) is 29.9 Å². The summed E-state index contributed by atoms with van der Waals surface area (Å²) < 4.78 is 1.83. The van der Waals surface area contributed by atoms with Gasteiger partial charge in [0.1, 0.15) is 5.69 Å². The van der Waals surface area contributed by atoms with Gasteiger partial charge in [0, 0.05) is 31.0 Å². The van der Waals surface area contributed by atoms with Gasteiger partial charge in [0.05, 0.1) is 18.3 Å². The van der Waals surface area contributed by atoms with Crippen molar-refractivity contribution in [1.29, 1.82) is 0 Å². The number of pyridine rings is 1. The molecule has 21 heavy (non-hydrogen) atoms. The van der Waals surface area contributed by atoms with Gasteiger partial charge in [-0.25, -0.2) is 4.68 Å². The first-order chi connectivity index (χ1) is 10.3. The Morgan fingerprint density at radius 3 is 3.24 bits per heavy atom. The Hall–Kier alpha value is -2.28. The summed E-state index contributed by atoms with van der Waals surface area (Å²) >= 11 is 0. The van der Waals surface area contributed by atoms with Crippen LogP contribution in [0.1, 0.15) is 19.4 Å². The minimum absolute atomic E-state index is 0.0487. The zero-order chi connectivity index (χ0) is 14.7. The topological polar surface area (TPSA) is 84.7 Å². The van der Waals surface area contributed by atoms with Crippen LogP contribution in [0.5, 0.6) is 0 Å². The van der Waals surface area contributed by atoms with Crippen LogP contribution in [0.25, 0.3) is 11.3 Å². The first-order valence-corrected chi connectivity index (χ1v) is 7.11. The van der Waals surface area contributed by atoms with Gasteiger partial charge >= 0.3 is 0 Å². The minimum atomic E-state index is -0.152. The maximum absolute atomic E-state index is 11.8. The quantitative estimate of drug-likeness (QED) is 0.849. The van der Waals surface area contributed by atoms with Gasteiger partial charge in [-0.15, -0.1) is 5.10 Å². The summed E-state index contributed by atoms with van der Waals surface area (Å²) in [6, 6.07) is 3.82. The highest BCUT2D eigenvalue weighted by Gasteiger charge is 2.30. The van der Waals surface area contributed by atoms with Crippen LogP contribution in [0.4, 0.5) is 0 Å².